The fourth-order valence-electron chi connectivity index (χ4n) is 1.81. The molecule has 0 aromatic heterocycles. The molecule has 1 amide bonds. The molecular weight excluding hydrogens is 218 g/mol. The van der Waals surface area contributed by atoms with Crippen molar-refractivity contribution in [2.24, 2.45) is 0 Å². The van der Waals surface area contributed by atoms with Crippen LogP contribution < -0.4 is 5.46 Å². The van der Waals surface area contributed by atoms with Crippen LogP contribution >= 0.6 is 0 Å². The van der Waals surface area contributed by atoms with Gasteiger partial charge in [0.2, 0.25) is 5.91 Å². The molecule has 0 fully saturated rings. The van der Waals surface area contributed by atoms with Gasteiger partial charge in [-0.2, -0.15) is 0 Å². The molecule has 0 N–H and O–H groups in total. The van der Waals surface area contributed by atoms with E-state index in [0.717, 1.165) is 17.7 Å². The van der Waals surface area contributed by atoms with Crippen molar-refractivity contribution in [3.63, 3.8) is 0 Å². The molecule has 0 radical (unpaired) electrons. The molecule has 1 aromatic carbocycles. The van der Waals surface area contributed by atoms with E-state index in [-0.39, 0.29) is 12.3 Å². The zero-order valence-corrected chi connectivity index (χ0v) is 8.71. The molecule has 1 aliphatic heterocycles. The zero-order valence-electron chi connectivity index (χ0n) is 8.71. The first-order valence-corrected chi connectivity index (χ1v) is 4.93. The van der Waals surface area contributed by atoms with Crippen molar-refractivity contribution >= 4 is 18.3 Å². The third-order valence-electron chi connectivity index (χ3n) is 2.78. The van der Waals surface area contributed by atoms with Gasteiger partial charge >= 0.3 is 6.98 Å². The Bertz CT molecular complexity index is 444. The van der Waals surface area contributed by atoms with Crippen molar-refractivity contribution in [2.75, 3.05) is 7.05 Å². The lowest BCUT2D eigenvalue weighted by molar-refractivity contribution is -0.130. The van der Waals surface area contributed by atoms with Crippen molar-refractivity contribution in [1.82, 2.24) is 4.90 Å². The fourth-order valence-corrected chi connectivity index (χ4v) is 1.81. The molecule has 0 saturated carbocycles. The van der Waals surface area contributed by atoms with Gasteiger partial charge in [-0.25, -0.2) is 0 Å². The van der Waals surface area contributed by atoms with Gasteiger partial charge in [0.1, 0.15) is 0 Å². The maximum atomic E-state index is 12.5. The molecule has 1 aromatic rings. The summed E-state index contributed by atoms with van der Waals surface area (Å²) in [7, 11) is 1.65. The van der Waals surface area contributed by atoms with Crippen molar-refractivity contribution in [3.8, 4) is 0 Å². The molecule has 2 rings (SSSR count). The molecule has 86 valence electrons. The summed E-state index contributed by atoms with van der Waals surface area (Å²) in [5, 5.41) is 0. The van der Waals surface area contributed by atoms with E-state index in [1.807, 2.05) is 0 Å². The SMILES string of the molecule is CN1Cc2ccc([B-](F)(F)F)cc2CC1=O. The van der Waals surface area contributed by atoms with Gasteiger partial charge in [0.15, 0.2) is 0 Å². The summed E-state index contributed by atoms with van der Waals surface area (Å²) in [5.41, 5.74) is 0.668. The Kier molecular flexibility index (Phi) is 2.44. The summed E-state index contributed by atoms with van der Waals surface area (Å²) in [4.78, 5) is 12.9. The Hall–Kier alpha value is -1.46. The second-order valence-electron chi connectivity index (χ2n) is 4.03. The van der Waals surface area contributed by atoms with E-state index in [4.69, 9.17) is 0 Å². The normalized spacial score (nSPS) is 16.2. The van der Waals surface area contributed by atoms with E-state index in [1.165, 1.54) is 11.0 Å². The number of hydrogen-bond acceptors (Lipinski definition) is 1. The highest BCUT2D eigenvalue weighted by Gasteiger charge is 2.28. The predicted molar refractivity (Wildman–Crippen MR) is 55.3 cm³/mol. The number of fused-ring (bicyclic) bond motifs is 1. The van der Waals surface area contributed by atoms with Gasteiger partial charge in [-0.1, -0.05) is 18.2 Å². The predicted octanol–water partition coefficient (Wildman–Crippen LogP) is 1.26. The third kappa shape index (κ3) is 1.92. The Morgan fingerprint density at radius 1 is 1.25 bits per heavy atom. The van der Waals surface area contributed by atoms with Crippen molar-refractivity contribution in [3.05, 3.63) is 29.3 Å². The highest BCUT2D eigenvalue weighted by molar-refractivity contribution is 6.73. The second kappa shape index (κ2) is 3.54. The minimum Gasteiger partial charge on any atom is -0.445 e. The quantitative estimate of drug-likeness (QED) is 0.662. The number of halogens is 3. The summed E-state index contributed by atoms with van der Waals surface area (Å²) in [6.45, 7) is -4.59. The van der Waals surface area contributed by atoms with Crippen LogP contribution in [0.15, 0.2) is 18.2 Å². The zero-order chi connectivity index (χ0) is 11.9. The van der Waals surface area contributed by atoms with Crippen molar-refractivity contribution in [2.45, 2.75) is 13.0 Å². The lowest BCUT2D eigenvalue weighted by Crippen LogP contribution is -2.37. The molecule has 0 atom stereocenters. The van der Waals surface area contributed by atoms with Gasteiger partial charge in [-0.3, -0.25) is 4.79 Å². The average molecular weight is 228 g/mol. The standard InChI is InChI=1S/C10H10BF3NO/c1-15-6-7-2-3-9(11(12,13)14)4-8(7)5-10(15)16/h2-4H,5-6H2,1H3/q-1. The van der Waals surface area contributed by atoms with E-state index >= 15 is 0 Å². The molecular formula is C10H10BF3NO-. The number of rotatable bonds is 1. The van der Waals surface area contributed by atoms with Crippen LogP contribution in [0.4, 0.5) is 12.9 Å². The lowest BCUT2D eigenvalue weighted by atomic mass is 9.78. The summed E-state index contributed by atoms with van der Waals surface area (Å²) in [5.74, 6) is -0.140. The summed E-state index contributed by atoms with van der Waals surface area (Å²) >= 11 is 0. The van der Waals surface area contributed by atoms with Crippen LogP contribution in [0.3, 0.4) is 0 Å². The molecule has 0 spiro atoms. The maximum Gasteiger partial charge on any atom is 0.509 e. The first-order valence-electron chi connectivity index (χ1n) is 4.93. The van der Waals surface area contributed by atoms with Crippen LogP contribution in [0, 0.1) is 0 Å². The van der Waals surface area contributed by atoms with Crippen molar-refractivity contribution < 1.29 is 17.7 Å². The van der Waals surface area contributed by atoms with Crippen LogP contribution in [0.1, 0.15) is 11.1 Å². The maximum absolute atomic E-state index is 12.5. The molecule has 1 heterocycles. The molecule has 1 aliphatic rings. The molecule has 0 bridgehead atoms. The highest BCUT2D eigenvalue weighted by Crippen LogP contribution is 2.19. The first kappa shape index (κ1) is 11.0. The summed E-state index contributed by atoms with van der Waals surface area (Å²) in [6.07, 6.45) is 0.0613. The summed E-state index contributed by atoms with van der Waals surface area (Å²) < 4.78 is 37.5. The van der Waals surface area contributed by atoms with Crippen LogP contribution in [-0.2, 0) is 17.8 Å². The number of carbonyl (C=O) groups excluding carboxylic acids is 1. The van der Waals surface area contributed by atoms with Crippen LogP contribution in [0.5, 0.6) is 0 Å². The molecule has 0 saturated heterocycles. The first-order chi connectivity index (χ1) is 7.38. The Balaban J connectivity index is 2.40. The fraction of sp³-hybridized carbons (Fsp3) is 0.300. The van der Waals surface area contributed by atoms with E-state index in [2.05, 4.69) is 0 Å². The molecule has 2 nitrogen and oxygen atoms in total. The van der Waals surface area contributed by atoms with Crippen LogP contribution in [0.2, 0.25) is 0 Å². The van der Waals surface area contributed by atoms with Crippen LogP contribution in [-0.4, -0.2) is 24.8 Å². The minimum atomic E-state index is -4.98. The smallest absolute Gasteiger partial charge is 0.445 e. The molecule has 0 aliphatic carbocycles. The topological polar surface area (TPSA) is 20.3 Å². The highest BCUT2D eigenvalue weighted by atomic mass is 19.4. The van der Waals surface area contributed by atoms with Gasteiger partial charge in [-0.15, -0.1) is 5.46 Å². The van der Waals surface area contributed by atoms with Gasteiger partial charge in [0, 0.05) is 13.6 Å². The monoisotopic (exact) mass is 228 g/mol. The van der Waals surface area contributed by atoms with Gasteiger partial charge in [0.25, 0.3) is 0 Å². The number of likely N-dealkylation sites (N-methyl/N-ethyl adjacent to an activating group) is 1. The van der Waals surface area contributed by atoms with E-state index in [0.29, 0.717) is 12.1 Å². The average Bonchev–Trinajstić information content (AvgIpc) is 2.17. The largest absolute Gasteiger partial charge is 0.509 e. The Morgan fingerprint density at radius 2 is 1.94 bits per heavy atom. The third-order valence-corrected chi connectivity index (χ3v) is 2.78. The van der Waals surface area contributed by atoms with E-state index < -0.39 is 12.4 Å². The lowest BCUT2D eigenvalue weighted by Gasteiger charge is -2.26. The number of benzene rings is 1. The Morgan fingerprint density at radius 3 is 2.56 bits per heavy atom. The van der Waals surface area contributed by atoms with Crippen LogP contribution in [0.25, 0.3) is 0 Å². The number of nitrogens with zero attached hydrogens (tertiary/aromatic N) is 1. The number of amides is 1. The molecule has 16 heavy (non-hydrogen) atoms. The number of carbonyl (C=O) groups is 1. The van der Waals surface area contributed by atoms with Crippen molar-refractivity contribution in [1.29, 1.82) is 0 Å². The van der Waals surface area contributed by atoms with E-state index in [9.17, 15) is 17.7 Å². The van der Waals surface area contributed by atoms with Gasteiger partial charge < -0.3 is 17.8 Å². The second-order valence-corrected chi connectivity index (χ2v) is 4.03. The molecule has 6 heteroatoms. The Labute approximate surface area is 91.1 Å². The number of hydrogen-bond donors (Lipinski definition) is 0. The minimum absolute atomic E-state index is 0.0613. The van der Waals surface area contributed by atoms with Gasteiger partial charge in [0.05, 0.1) is 6.42 Å². The molecule has 0 unspecified atom stereocenters. The summed E-state index contributed by atoms with van der Waals surface area (Å²) in [6, 6.07) is 3.64. The van der Waals surface area contributed by atoms with E-state index in [1.54, 1.807) is 7.05 Å². The van der Waals surface area contributed by atoms with Gasteiger partial charge in [-0.05, 0) is 11.1 Å².